The van der Waals surface area contributed by atoms with E-state index < -0.39 is 0 Å². The summed E-state index contributed by atoms with van der Waals surface area (Å²) in [4.78, 5) is 0. The van der Waals surface area contributed by atoms with Crippen LogP contribution in [0.15, 0.2) is 72.8 Å². The average Bonchev–Trinajstić information content (AvgIpc) is 3.01. The fourth-order valence-electron chi connectivity index (χ4n) is 3.49. The molecule has 0 aliphatic heterocycles. The number of nitrogens with zero attached hydrogens (tertiary/aromatic N) is 2. The lowest BCUT2D eigenvalue weighted by atomic mass is 10.0. The first-order valence-corrected chi connectivity index (χ1v) is 9.85. The molecule has 2 nitrogen and oxygen atoms in total. The lowest BCUT2D eigenvalue weighted by molar-refractivity contribution is 0.696. The van der Waals surface area contributed by atoms with Gasteiger partial charge < -0.3 is 0 Å². The van der Waals surface area contributed by atoms with Crippen LogP contribution in [0.25, 0.3) is 22.5 Å². The van der Waals surface area contributed by atoms with Gasteiger partial charge in [-0.2, -0.15) is 5.10 Å². The first-order valence-electron chi connectivity index (χ1n) is 9.47. The van der Waals surface area contributed by atoms with E-state index in [-0.39, 0.29) is 0 Å². The van der Waals surface area contributed by atoms with Crippen LogP contribution < -0.4 is 0 Å². The van der Waals surface area contributed by atoms with Crippen molar-refractivity contribution in [1.29, 1.82) is 0 Å². The molecule has 0 amide bonds. The molecule has 0 bridgehead atoms. The zero-order valence-corrected chi connectivity index (χ0v) is 17.2. The van der Waals surface area contributed by atoms with Crippen LogP contribution in [0.1, 0.15) is 22.3 Å². The number of hydrogen-bond acceptors (Lipinski definition) is 1. The standard InChI is InChI=1S/C25H23ClN2/c1-17-4-10-21(11-5-17)24-19(3)25(22-12-6-18(2)7-13-22)28(27-24)16-20-8-14-23(26)15-9-20/h4-15H,16H2,1-3H3. The van der Waals surface area contributed by atoms with E-state index in [0.717, 1.165) is 22.0 Å². The van der Waals surface area contributed by atoms with Gasteiger partial charge in [0, 0.05) is 21.7 Å². The molecule has 0 atom stereocenters. The zero-order chi connectivity index (χ0) is 19.7. The van der Waals surface area contributed by atoms with E-state index in [1.54, 1.807) is 0 Å². The van der Waals surface area contributed by atoms with Gasteiger partial charge in [0.05, 0.1) is 17.9 Å². The van der Waals surface area contributed by atoms with Gasteiger partial charge in [0.15, 0.2) is 0 Å². The Bertz CT molecular complexity index is 1090. The van der Waals surface area contributed by atoms with Gasteiger partial charge in [-0.3, -0.25) is 4.68 Å². The van der Waals surface area contributed by atoms with E-state index in [0.29, 0.717) is 6.54 Å². The third-order valence-electron chi connectivity index (χ3n) is 5.08. The second kappa shape index (κ2) is 7.65. The normalized spacial score (nSPS) is 11.0. The molecular weight excluding hydrogens is 364 g/mol. The number of rotatable bonds is 4. The molecule has 1 aromatic heterocycles. The number of benzene rings is 3. The Morgan fingerprint density at radius 1 is 0.714 bits per heavy atom. The summed E-state index contributed by atoms with van der Waals surface area (Å²) in [5.74, 6) is 0. The lowest BCUT2D eigenvalue weighted by Gasteiger charge is -2.09. The molecule has 0 saturated carbocycles. The van der Waals surface area contributed by atoms with Gasteiger partial charge in [-0.15, -0.1) is 0 Å². The zero-order valence-electron chi connectivity index (χ0n) is 16.4. The maximum atomic E-state index is 6.06. The van der Waals surface area contributed by atoms with Crippen molar-refractivity contribution in [2.75, 3.05) is 0 Å². The monoisotopic (exact) mass is 386 g/mol. The number of halogens is 1. The highest BCUT2D eigenvalue weighted by atomic mass is 35.5. The fourth-order valence-corrected chi connectivity index (χ4v) is 3.62. The van der Waals surface area contributed by atoms with Crippen LogP contribution in [0.2, 0.25) is 5.02 Å². The Hall–Kier alpha value is -2.84. The Morgan fingerprint density at radius 3 is 1.82 bits per heavy atom. The molecule has 1 heterocycles. The van der Waals surface area contributed by atoms with Crippen molar-refractivity contribution >= 4 is 11.6 Å². The fraction of sp³-hybridized carbons (Fsp3) is 0.160. The molecule has 0 radical (unpaired) electrons. The van der Waals surface area contributed by atoms with Gasteiger partial charge in [-0.05, 0) is 38.5 Å². The molecule has 140 valence electrons. The average molecular weight is 387 g/mol. The highest BCUT2D eigenvalue weighted by molar-refractivity contribution is 6.30. The topological polar surface area (TPSA) is 17.8 Å². The highest BCUT2D eigenvalue weighted by Crippen LogP contribution is 2.32. The van der Waals surface area contributed by atoms with E-state index in [2.05, 4.69) is 86.1 Å². The van der Waals surface area contributed by atoms with Crippen LogP contribution in [-0.4, -0.2) is 9.78 Å². The molecule has 28 heavy (non-hydrogen) atoms. The van der Waals surface area contributed by atoms with Crippen molar-refractivity contribution in [3.8, 4) is 22.5 Å². The van der Waals surface area contributed by atoms with E-state index in [1.165, 1.54) is 27.8 Å². The van der Waals surface area contributed by atoms with Crippen molar-refractivity contribution < 1.29 is 0 Å². The minimum atomic E-state index is 0.701. The van der Waals surface area contributed by atoms with Crippen molar-refractivity contribution in [2.45, 2.75) is 27.3 Å². The summed E-state index contributed by atoms with van der Waals surface area (Å²) in [7, 11) is 0. The van der Waals surface area contributed by atoms with Crippen LogP contribution >= 0.6 is 11.6 Å². The number of aromatic nitrogens is 2. The minimum absolute atomic E-state index is 0.701. The van der Waals surface area contributed by atoms with Crippen LogP contribution in [-0.2, 0) is 6.54 Å². The Morgan fingerprint density at radius 2 is 1.25 bits per heavy atom. The second-order valence-electron chi connectivity index (χ2n) is 7.34. The molecule has 0 N–H and O–H groups in total. The Labute approximate surface area is 171 Å². The molecule has 0 spiro atoms. The third kappa shape index (κ3) is 3.74. The van der Waals surface area contributed by atoms with Gasteiger partial charge in [-0.1, -0.05) is 83.4 Å². The van der Waals surface area contributed by atoms with Gasteiger partial charge in [0.2, 0.25) is 0 Å². The van der Waals surface area contributed by atoms with E-state index >= 15 is 0 Å². The molecule has 0 aliphatic rings. The highest BCUT2D eigenvalue weighted by Gasteiger charge is 2.17. The SMILES string of the molecule is Cc1ccc(-c2nn(Cc3ccc(Cl)cc3)c(-c3ccc(C)cc3)c2C)cc1. The first-order chi connectivity index (χ1) is 13.5. The molecule has 0 unspecified atom stereocenters. The van der Waals surface area contributed by atoms with E-state index in [4.69, 9.17) is 16.7 Å². The summed E-state index contributed by atoms with van der Waals surface area (Å²) in [6.45, 7) is 7.08. The largest absolute Gasteiger partial charge is 0.260 e. The summed E-state index contributed by atoms with van der Waals surface area (Å²) in [6.07, 6.45) is 0. The summed E-state index contributed by atoms with van der Waals surface area (Å²) < 4.78 is 2.11. The third-order valence-corrected chi connectivity index (χ3v) is 5.34. The van der Waals surface area contributed by atoms with Gasteiger partial charge in [0.1, 0.15) is 0 Å². The maximum Gasteiger partial charge on any atom is 0.0959 e. The molecule has 3 heteroatoms. The number of hydrogen-bond donors (Lipinski definition) is 0. The van der Waals surface area contributed by atoms with Crippen LogP contribution in [0.4, 0.5) is 0 Å². The molecule has 4 aromatic rings. The predicted molar refractivity (Wildman–Crippen MR) is 118 cm³/mol. The summed E-state index contributed by atoms with van der Waals surface area (Å²) >= 11 is 6.06. The molecule has 4 rings (SSSR count). The summed E-state index contributed by atoms with van der Waals surface area (Å²) in [6, 6.07) is 25.2. The molecule has 3 aromatic carbocycles. The summed E-state index contributed by atoms with van der Waals surface area (Å²) in [5.41, 5.74) is 9.39. The Kier molecular flexibility index (Phi) is 5.06. The van der Waals surface area contributed by atoms with Gasteiger partial charge in [0.25, 0.3) is 0 Å². The van der Waals surface area contributed by atoms with E-state index in [1.807, 2.05) is 12.1 Å². The van der Waals surface area contributed by atoms with Crippen molar-refractivity contribution in [1.82, 2.24) is 9.78 Å². The maximum absolute atomic E-state index is 6.06. The van der Waals surface area contributed by atoms with Crippen LogP contribution in [0.5, 0.6) is 0 Å². The molecular formula is C25H23ClN2. The predicted octanol–water partition coefficient (Wildman–Crippen LogP) is 6.84. The second-order valence-corrected chi connectivity index (χ2v) is 7.77. The van der Waals surface area contributed by atoms with Crippen LogP contribution in [0.3, 0.4) is 0 Å². The molecule has 0 fully saturated rings. The summed E-state index contributed by atoms with van der Waals surface area (Å²) in [5, 5.41) is 5.76. The van der Waals surface area contributed by atoms with Gasteiger partial charge in [-0.25, -0.2) is 0 Å². The smallest absolute Gasteiger partial charge is 0.0959 e. The lowest BCUT2D eigenvalue weighted by Crippen LogP contribution is -2.04. The van der Waals surface area contributed by atoms with Crippen molar-refractivity contribution in [2.24, 2.45) is 0 Å². The molecule has 0 saturated heterocycles. The van der Waals surface area contributed by atoms with Crippen molar-refractivity contribution in [3.63, 3.8) is 0 Å². The first kappa shape index (κ1) is 18.5. The Balaban J connectivity index is 1.84. The van der Waals surface area contributed by atoms with Gasteiger partial charge >= 0.3 is 0 Å². The quantitative estimate of drug-likeness (QED) is 0.375. The number of aryl methyl sites for hydroxylation is 2. The molecule has 0 aliphatic carbocycles. The van der Waals surface area contributed by atoms with Crippen molar-refractivity contribution in [3.05, 3.63) is 100 Å². The van der Waals surface area contributed by atoms with Crippen LogP contribution in [0, 0.1) is 20.8 Å². The van der Waals surface area contributed by atoms with E-state index in [9.17, 15) is 0 Å². The minimum Gasteiger partial charge on any atom is -0.260 e.